The van der Waals surface area contributed by atoms with E-state index in [0.29, 0.717) is 0 Å². The summed E-state index contributed by atoms with van der Waals surface area (Å²) in [6.45, 7) is -0.549. The minimum absolute atomic E-state index is 0.0268. The van der Waals surface area contributed by atoms with E-state index in [0.717, 1.165) is 16.7 Å². The molecule has 7 N–H and O–H groups in total. The van der Waals surface area contributed by atoms with Crippen molar-refractivity contribution >= 4 is 41.6 Å². The molecule has 2 rings (SSSR count). The van der Waals surface area contributed by atoms with Crippen molar-refractivity contribution in [1.82, 2.24) is 10.2 Å². The smallest absolute Gasteiger partial charge is 0.404 e. The molecule has 2 unspecified atom stereocenters. The number of methoxy groups -OCH3 is 1. The van der Waals surface area contributed by atoms with Crippen LogP contribution in [0.25, 0.3) is 0 Å². The lowest BCUT2D eigenvalue weighted by atomic mass is 10.0. The summed E-state index contributed by atoms with van der Waals surface area (Å²) in [4.78, 5) is 59.1. The van der Waals surface area contributed by atoms with E-state index in [1.165, 1.54) is 7.11 Å². The second kappa shape index (κ2) is 9.77. The Labute approximate surface area is 174 Å². The van der Waals surface area contributed by atoms with Gasteiger partial charge in [-0.1, -0.05) is 0 Å². The molecule has 0 bridgehead atoms. The first-order valence-corrected chi connectivity index (χ1v) is 9.70. The van der Waals surface area contributed by atoms with Gasteiger partial charge in [0.2, 0.25) is 5.91 Å². The number of ether oxygens (including phenoxy) is 2. The predicted octanol–water partition coefficient (Wildman–Crippen LogP) is -1.62. The zero-order chi connectivity index (χ0) is 22.6. The number of primary amides is 1. The third-order valence-electron chi connectivity index (χ3n) is 4.49. The number of nitrogens with two attached hydrogens (primary N) is 2. The topological polar surface area (TPSA) is 212 Å². The average molecular weight is 446 g/mol. The van der Waals surface area contributed by atoms with Gasteiger partial charge >= 0.3 is 18.0 Å². The fourth-order valence-electron chi connectivity index (χ4n) is 3.00. The molecule has 0 radical (unpaired) electrons. The number of hydrogen-bond acceptors (Lipinski definition) is 9. The maximum absolute atomic E-state index is 12.3. The van der Waals surface area contributed by atoms with E-state index in [1.807, 2.05) is 0 Å². The SMILES string of the molecule is COC1C(=O)N2C(C(=O)O)=C(COC(N)=O)C(NC(=O)CCC[C@@H](N)C(=O)O)S[C@H]12. The summed E-state index contributed by atoms with van der Waals surface area (Å²) in [7, 11) is 1.30. The maximum atomic E-state index is 12.3. The summed E-state index contributed by atoms with van der Waals surface area (Å²) < 4.78 is 9.79. The Morgan fingerprint density at radius 3 is 2.50 bits per heavy atom. The fraction of sp³-hybridized carbons (Fsp3) is 0.562. The number of amides is 3. The largest absolute Gasteiger partial charge is 0.480 e. The normalized spacial score (nSPS) is 23.9. The van der Waals surface area contributed by atoms with E-state index in [1.54, 1.807) is 0 Å². The highest BCUT2D eigenvalue weighted by atomic mass is 32.2. The molecule has 14 heteroatoms. The number of thioether (sulfide) groups is 1. The van der Waals surface area contributed by atoms with Crippen LogP contribution in [0.3, 0.4) is 0 Å². The van der Waals surface area contributed by atoms with E-state index in [9.17, 15) is 29.1 Å². The third kappa shape index (κ3) is 5.01. The number of nitrogens with one attached hydrogen (secondary N) is 1. The molecule has 0 aromatic carbocycles. The Morgan fingerprint density at radius 2 is 1.97 bits per heavy atom. The monoisotopic (exact) mass is 446 g/mol. The van der Waals surface area contributed by atoms with E-state index in [4.69, 9.17) is 26.0 Å². The molecule has 0 aliphatic carbocycles. The maximum Gasteiger partial charge on any atom is 0.404 e. The van der Waals surface area contributed by atoms with E-state index >= 15 is 0 Å². The van der Waals surface area contributed by atoms with Crippen molar-refractivity contribution in [2.45, 2.75) is 42.2 Å². The van der Waals surface area contributed by atoms with Crippen molar-refractivity contribution in [3.8, 4) is 0 Å². The average Bonchev–Trinajstić information content (AvgIpc) is 2.66. The lowest BCUT2D eigenvalue weighted by Gasteiger charge is -2.50. The van der Waals surface area contributed by atoms with Gasteiger partial charge in [0.15, 0.2) is 6.10 Å². The molecular formula is C16H22N4O9S. The summed E-state index contributed by atoms with van der Waals surface area (Å²) in [6.07, 6.45) is -1.85. The molecule has 166 valence electrons. The number of fused-ring (bicyclic) bond motifs is 1. The number of nitrogens with zero attached hydrogens (tertiary/aromatic N) is 1. The first kappa shape index (κ1) is 23.4. The van der Waals surface area contributed by atoms with Crippen molar-refractivity contribution in [3.05, 3.63) is 11.3 Å². The number of carbonyl (C=O) groups is 5. The highest BCUT2D eigenvalue weighted by molar-refractivity contribution is 8.00. The number of rotatable bonds is 10. The van der Waals surface area contributed by atoms with Crippen LogP contribution >= 0.6 is 11.8 Å². The Bertz CT molecular complexity index is 787. The summed E-state index contributed by atoms with van der Waals surface area (Å²) in [5, 5.41) is 19.4. The number of aliphatic carboxylic acids is 2. The van der Waals surface area contributed by atoms with Crippen LogP contribution in [0.15, 0.2) is 11.3 Å². The zero-order valence-electron chi connectivity index (χ0n) is 15.9. The molecule has 1 saturated heterocycles. The van der Waals surface area contributed by atoms with E-state index in [2.05, 4.69) is 5.32 Å². The van der Waals surface area contributed by atoms with Crippen molar-refractivity contribution < 1.29 is 43.7 Å². The van der Waals surface area contributed by atoms with Gasteiger partial charge < -0.3 is 36.5 Å². The van der Waals surface area contributed by atoms with Crippen molar-refractivity contribution in [2.75, 3.05) is 13.7 Å². The number of carbonyl (C=O) groups excluding carboxylic acids is 3. The second-order valence-electron chi connectivity index (χ2n) is 6.46. The van der Waals surface area contributed by atoms with Gasteiger partial charge in [0.25, 0.3) is 5.91 Å². The van der Waals surface area contributed by atoms with Crippen LogP contribution in [0.4, 0.5) is 4.79 Å². The summed E-state index contributed by atoms with van der Waals surface area (Å²) in [5.41, 5.74) is 9.90. The molecule has 2 aliphatic rings. The lowest BCUT2D eigenvalue weighted by Crippen LogP contribution is -2.67. The van der Waals surface area contributed by atoms with Crippen LogP contribution in [-0.4, -0.2) is 81.6 Å². The number of carboxylic acid groups (broad SMARTS) is 2. The molecule has 1 fully saturated rings. The van der Waals surface area contributed by atoms with Crippen LogP contribution in [0, 0.1) is 0 Å². The van der Waals surface area contributed by atoms with Crippen molar-refractivity contribution in [2.24, 2.45) is 11.5 Å². The van der Waals surface area contributed by atoms with Gasteiger partial charge in [-0.3, -0.25) is 19.3 Å². The number of carboxylic acids is 2. The van der Waals surface area contributed by atoms with Crippen molar-refractivity contribution in [1.29, 1.82) is 0 Å². The molecule has 0 spiro atoms. The minimum atomic E-state index is -1.45. The van der Waals surface area contributed by atoms with Gasteiger partial charge in [0, 0.05) is 19.1 Å². The molecular weight excluding hydrogens is 424 g/mol. The summed E-state index contributed by atoms with van der Waals surface area (Å²) >= 11 is 1.05. The van der Waals surface area contributed by atoms with Crippen LogP contribution < -0.4 is 16.8 Å². The predicted molar refractivity (Wildman–Crippen MR) is 101 cm³/mol. The van der Waals surface area contributed by atoms with Gasteiger partial charge in [0.1, 0.15) is 29.1 Å². The van der Waals surface area contributed by atoms with E-state index < -0.39 is 65.0 Å². The highest BCUT2D eigenvalue weighted by Gasteiger charge is 2.56. The van der Waals surface area contributed by atoms with Crippen LogP contribution in [0.5, 0.6) is 0 Å². The lowest BCUT2D eigenvalue weighted by molar-refractivity contribution is -0.162. The van der Waals surface area contributed by atoms with E-state index in [-0.39, 0.29) is 24.8 Å². The van der Waals surface area contributed by atoms with Crippen molar-refractivity contribution in [3.63, 3.8) is 0 Å². The van der Waals surface area contributed by atoms with Gasteiger partial charge in [-0.2, -0.15) is 0 Å². The zero-order valence-corrected chi connectivity index (χ0v) is 16.7. The Kier molecular flexibility index (Phi) is 7.64. The first-order valence-electron chi connectivity index (χ1n) is 8.76. The number of β-lactam (4-membered cyclic amide) rings is 1. The third-order valence-corrected chi connectivity index (χ3v) is 5.90. The standard InChI is InChI=1S/C16H22N4O9S/c1-28-10-12(22)20-9(15(25)26)6(5-29-16(18)27)11(30-13(10)20)19-8(21)4-2-3-7(17)14(23)24/h7,10-11,13H,2-5,17H2,1H3,(H2,18,27)(H,19,21)(H,23,24)(H,25,26)/t7-,10?,11?,13-/m1/s1. The van der Waals surface area contributed by atoms with Crippen LogP contribution in [0.2, 0.25) is 0 Å². The molecule has 2 aliphatic heterocycles. The minimum Gasteiger partial charge on any atom is -0.480 e. The number of hydrogen-bond donors (Lipinski definition) is 5. The molecule has 0 aromatic heterocycles. The fourth-order valence-corrected chi connectivity index (χ4v) is 4.53. The summed E-state index contributed by atoms with van der Waals surface area (Å²) in [6, 6.07) is -1.10. The Balaban J connectivity index is 2.19. The summed E-state index contributed by atoms with van der Waals surface area (Å²) in [5.74, 6) is -3.70. The molecule has 3 amide bonds. The highest BCUT2D eigenvalue weighted by Crippen LogP contribution is 2.44. The van der Waals surface area contributed by atoms with Gasteiger partial charge in [-0.05, 0) is 12.8 Å². The Hall–Kier alpha value is -2.84. The molecule has 0 aromatic rings. The molecule has 13 nitrogen and oxygen atoms in total. The molecule has 30 heavy (non-hydrogen) atoms. The van der Waals surface area contributed by atoms with Gasteiger partial charge in [-0.15, -0.1) is 11.8 Å². The Morgan fingerprint density at radius 1 is 1.30 bits per heavy atom. The van der Waals surface area contributed by atoms with Gasteiger partial charge in [0.05, 0.1) is 0 Å². The quantitative estimate of drug-likeness (QED) is 0.240. The first-order chi connectivity index (χ1) is 14.1. The molecule has 4 atom stereocenters. The second-order valence-corrected chi connectivity index (χ2v) is 7.69. The molecule has 0 saturated carbocycles. The molecule has 2 heterocycles. The van der Waals surface area contributed by atoms with Gasteiger partial charge in [-0.25, -0.2) is 9.59 Å². The van der Waals surface area contributed by atoms with Crippen LogP contribution in [0.1, 0.15) is 19.3 Å². The van der Waals surface area contributed by atoms with Crippen LogP contribution in [-0.2, 0) is 28.7 Å².